The molecule has 1 aromatic carbocycles. The van der Waals surface area contributed by atoms with Crippen LogP contribution in [0.15, 0.2) is 76.5 Å². The molecule has 0 radical (unpaired) electrons. The average molecular weight is 371 g/mol. The van der Waals surface area contributed by atoms with Crippen molar-refractivity contribution in [2.45, 2.75) is 18.0 Å². The van der Waals surface area contributed by atoms with E-state index in [0.29, 0.717) is 5.76 Å². The van der Waals surface area contributed by atoms with E-state index in [1.165, 1.54) is 24.5 Å². The van der Waals surface area contributed by atoms with Crippen LogP contribution in [-0.4, -0.2) is 19.3 Å². The number of hydrogen-bond donors (Lipinski definition) is 2. The molecule has 3 rings (SSSR count). The van der Waals surface area contributed by atoms with Gasteiger partial charge in [-0.1, -0.05) is 6.07 Å². The zero-order valence-electron chi connectivity index (χ0n) is 13.8. The van der Waals surface area contributed by atoms with Gasteiger partial charge in [-0.15, -0.1) is 0 Å². The number of carbonyl (C=O) groups is 1. The molecule has 0 saturated heterocycles. The van der Waals surface area contributed by atoms with Gasteiger partial charge < -0.3 is 9.73 Å². The molecule has 0 atom stereocenters. The molecular weight excluding hydrogens is 354 g/mol. The van der Waals surface area contributed by atoms with E-state index >= 15 is 0 Å². The number of rotatable bonds is 7. The van der Waals surface area contributed by atoms with Crippen LogP contribution in [0, 0.1) is 0 Å². The maximum atomic E-state index is 12.5. The summed E-state index contributed by atoms with van der Waals surface area (Å²) in [5.41, 5.74) is 1.04. The molecule has 2 heterocycles. The molecule has 8 heteroatoms. The predicted molar refractivity (Wildman–Crippen MR) is 94.6 cm³/mol. The van der Waals surface area contributed by atoms with Crippen LogP contribution >= 0.6 is 0 Å². The Labute approximate surface area is 151 Å². The van der Waals surface area contributed by atoms with Gasteiger partial charge in [-0.3, -0.25) is 9.78 Å². The summed E-state index contributed by atoms with van der Waals surface area (Å²) in [6.07, 6.45) is 4.70. The van der Waals surface area contributed by atoms with Crippen LogP contribution in [0.5, 0.6) is 0 Å². The lowest BCUT2D eigenvalue weighted by Crippen LogP contribution is -2.25. The quantitative estimate of drug-likeness (QED) is 0.662. The van der Waals surface area contributed by atoms with Gasteiger partial charge in [0.25, 0.3) is 5.91 Å². The Bertz CT molecular complexity index is 971. The minimum atomic E-state index is -3.74. The fourth-order valence-corrected chi connectivity index (χ4v) is 3.31. The summed E-state index contributed by atoms with van der Waals surface area (Å²) in [5, 5.41) is 2.68. The highest BCUT2D eigenvalue weighted by Crippen LogP contribution is 2.12. The van der Waals surface area contributed by atoms with Crippen molar-refractivity contribution in [3.8, 4) is 0 Å². The van der Waals surface area contributed by atoms with Crippen molar-refractivity contribution in [3.63, 3.8) is 0 Å². The molecule has 0 aliphatic heterocycles. The van der Waals surface area contributed by atoms with Crippen LogP contribution in [0.1, 0.15) is 21.7 Å². The summed E-state index contributed by atoms with van der Waals surface area (Å²) in [6.45, 7) is 0.364. The number of amides is 1. The second-order valence-corrected chi connectivity index (χ2v) is 7.24. The Morgan fingerprint density at radius 3 is 2.58 bits per heavy atom. The molecule has 0 aliphatic carbocycles. The summed E-state index contributed by atoms with van der Waals surface area (Å²) in [4.78, 5) is 16.1. The first-order valence-corrected chi connectivity index (χ1v) is 9.32. The molecule has 2 N–H and O–H groups in total. The molecule has 3 aromatic rings. The third-order valence-electron chi connectivity index (χ3n) is 3.63. The van der Waals surface area contributed by atoms with Gasteiger partial charge in [-0.05, 0) is 48.0 Å². The standard InChI is InChI=1S/C18H17N3O4S/c22-18(20-13-16-4-2-10-25-16)15-3-1-5-17(11-15)26(23,24)21-12-14-6-8-19-9-7-14/h1-11,21H,12-13H2,(H,20,22). The van der Waals surface area contributed by atoms with Crippen LogP contribution in [0.2, 0.25) is 0 Å². The van der Waals surface area contributed by atoms with E-state index in [4.69, 9.17) is 4.42 Å². The van der Waals surface area contributed by atoms with Crippen molar-refractivity contribution < 1.29 is 17.6 Å². The molecule has 7 nitrogen and oxygen atoms in total. The lowest BCUT2D eigenvalue weighted by Gasteiger charge is -2.09. The third kappa shape index (κ3) is 4.56. The number of carbonyl (C=O) groups excluding carboxylic acids is 1. The number of nitrogens with one attached hydrogen (secondary N) is 2. The molecule has 0 unspecified atom stereocenters. The molecule has 26 heavy (non-hydrogen) atoms. The Morgan fingerprint density at radius 1 is 1.04 bits per heavy atom. The Balaban J connectivity index is 1.68. The number of aromatic nitrogens is 1. The predicted octanol–water partition coefficient (Wildman–Crippen LogP) is 2.08. The van der Waals surface area contributed by atoms with Crippen LogP contribution in [0.3, 0.4) is 0 Å². The molecule has 1 amide bonds. The molecule has 0 fully saturated rings. The first kappa shape index (κ1) is 17.8. The van der Waals surface area contributed by atoms with E-state index < -0.39 is 10.0 Å². The molecule has 0 aliphatic rings. The van der Waals surface area contributed by atoms with Crippen LogP contribution in [0.25, 0.3) is 0 Å². The van der Waals surface area contributed by atoms with E-state index in [1.807, 2.05) is 0 Å². The van der Waals surface area contributed by atoms with Gasteiger partial charge in [0, 0.05) is 24.5 Å². The number of sulfonamides is 1. The molecule has 0 spiro atoms. The topological polar surface area (TPSA) is 101 Å². The summed E-state index contributed by atoms with van der Waals surface area (Å²) in [6, 6.07) is 12.8. The van der Waals surface area contributed by atoms with Crippen molar-refractivity contribution in [2.75, 3.05) is 0 Å². The highest BCUT2D eigenvalue weighted by atomic mass is 32.2. The fraction of sp³-hybridized carbons (Fsp3) is 0.111. The third-order valence-corrected chi connectivity index (χ3v) is 5.02. The normalized spacial score (nSPS) is 11.2. The van der Waals surface area contributed by atoms with Crippen LogP contribution in [-0.2, 0) is 23.1 Å². The lowest BCUT2D eigenvalue weighted by atomic mass is 10.2. The van der Waals surface area contributed by atoms with Gasteiger partial charge in [0.15, 0.2) is 0 Å². The number of hydrogen-bond acceptors (Lipinski definition) is 5. The molecule has 134 valence electrons. The summed E-state index contributed by atoms with van der Waals surface area (Å²) < 4.78 is 32.6. The van der Waals surface area contributed by atoms with E-state index in [1.54, 1.807) is 42.7 Å². The van der Waals surface area contributed by atoms with E-state index in [2.05, 4.69) is 15.0 Å². The maximum Gasteiger partial charge on any atom is 0.251 e. The van der Waals surface area contributed by atoms with Gasteiger partial charge in [0.05, 0.1) is 17.7 Å². The van der Waals surface area contributed by atoms with Gasteiger partial charge in [-0.2, -0.15) is 0 Å². The minimum absolute atomic E-state index is 0.0252. The van der Waals surface area contributed by atoms with Crippen LogP contribution < -0.4 is 10.0 Å². The van der Waals surface area contributed by atoms with Crippen LogP contribution in [0.4, 0.5) is 0 Å². The highest BCUT2D eigenvalue weighted by molar-refractivity contribution is 7.89. The van der Waals surface area contributed by atoms with E-state index in [0.717, 1.165) is 5.56 Å². The van der Waals surface area contributed by atoms with Crippen molar-refractivity contribution >= 4 is 15.9 Å². The first-order valence-electron chi connectivity index (χ1n) is 7.84. The summed E-state index contributed by atoms with van der Waals surface area (Å²) in [5.74, 6) is 0.230. The van der Waals surface area contributed by atoms with Gasteiger partial charge >= 0.3 is 0 Å². The van der Waals surface area contributed by atoms with E-state index in [-0.39, 0.29) is 29.5 Å². The van der Waals surface area contributed by atoms with Gasteiger partial charge in [0.1, 0.15) is 5.76 Å². The molecule has 0 bridgehead atoms. The molecular formula is C18H17N3O4S. The van der Waals surface area contributed by atoms with Crippen molar-refractivity contribution in [1.82, 2.24) is 15.0 Å². The van der Waals surface area contributed by atoms with E-state index in [9.17, 15) is 13.2 Å². The number of pyridine rings is 1. The first-order chi connectivity index (χ1) is 12.5. The highest BCUT2D eigenvalue weighted by Gasteiger charge is 2.16. The van der Waals surface area contributed by atoms with Crippen molar-refractivity contribution in [1.29, 1.82) is 0 Å². The molecule has 0 saturated carbocycles. The van der Waals surface area contributed by atoms with Gasteiger partial charge in [0.2, 0.25) is 10.0 Å². The number of benzene rings is 1. The second-order valence-electron chi connectivity index (χ2n) is 5.47. The smallest absolute Gasteiger partial charge is 0.251 e. The monoisotopic (exact) mass is 371 g/mol. The van der Waals surface area contributed by atoms with Gasteiger partial charge in [-0.25, -0.2) is 13.1 Å². The largest absolute Gasteiger partial charge is 0.467 e. The summed E-state index contributed by atoms with van der Waals surface area (Å²) in [7, 11) is -3.74. The number of nitrogens with zero attached hydrogens (tertiary/aromatic N) is 1. The zero-order chi connectivity index (χ0) is 18.4. The SMILES string of the molecule is O=C(NCc1ccco1)c1cccc(S(=O)(=O)NCc2ccncc2)c1. The van der Waals surface area contributed by atoms with Crippen molar-refractivity contribution in [2.24, 2.45) is 0 Å². The van der Waals surface area contributed by atoms with Crippen molar-refractivity contribution in [3.05, 3.63) is 84.1 Å². The minimum Gasteiger partial charge on any atom is -0.467 e. The fourth-order valence-electron chi connectivity index (χ4n) is 2.25. The lowest BCUT2D eigenvalue weighted by molar-refractivity contribution is 0.0948. The second kappa shape index (κ2) is 7.94. The zero-order valence-corrected chi connectivity index (χ0v) is 14.6. The molecule has 2 aromatic heterocycles. The Morgan fingerprint density at radius 2 is 1.85 bits per heavy atom. The maximum absolute atomic E-state index is 12.5. The average Bonchev–Trinajstić information content (AvgIpc) is 3.19. The summed E-state index contributed by atoms with van der Waals surface area (Å²) >= 11 is 0. The Hall–Kier alpha value is -2.97. The Kier molecular flexibility index (Phi) is 5.45. The number of furan rings is 1.